The van der Waals surface area contributed by atoms with E-state index in [1.165, 1.54) is 41.1 Å². The van der Waals surface area contributed by atoms with Crippen LogP contribution in [-0.2, 0) is 0 Å². The minimum absolute atomic E-state index is 0.0910. The lowest BCUT2D eigenvalue weighted by Gasteiger charge is -2.12. The van der Waals surface area contributed by atoms with Crippen LogP contribution in [0.25, 0.3) is 16.7 Å². The summed E-state index contributed by atoms with van der Waals surface area (Å²) in [6, 6.07) is 8.68. The number of fused-ring (bicyclic) bond motifs is 1. The first-order valence-corrected chi connectivity index (χ1v) is 6.89. The van der Waals surface area contributed by atoms with E-state index in [1.807, 2.05) is 0 Å². The van der Waals surface area contributed by atoms with E-state index in [9.17, 15) is 24.8 Å². The number of pyridine rings is 2. The highest BCUT2D eigenvalue weighted by Gasteiger charge is 2.16. The van der Waals surface area contributed by atoms with Crippen LogP contribution in [0.1, 0.15) is 16.1 Å². The van der Waals surface area contributed by atoms with Crippen LogP contribution in [0.5, 0.6) is 0 Å². The molecular weight excluding hydrogens is 314 g/mol. The van der Waals surface area contributed by atoms with Crippen LogP contribution < -0.4 is 5.43 Å². The summed E-state index contributed by atoms with van der Waals surface area (Å²) >= 11 is 0. The van der Waals surface area contributed by atoms with Crippen LogP contribution in [0.2, 0.25) is 0 Å². The maximum atomic E-state index is 12.3. The van der Waals surface area contributed by atoms with Gasteiger partial charge in [0.15, 0.2) is 0 Å². The number of nitro benzene ring substituents is 1. The van der Waals surface area contributed by atoms with Crippen molar-refractivity contribution in [3.05, 3.63) is 74.2 Å². The maximum absolute atomic E-state index is 12.3. The Morgan fingerprint density at radius 2 is 1.88 bits per heavy atom. The van der Waals surface area contributed by atoms with E-state index in [-0.39, 0.29) is 11.1 Å². The van der Waals surface area contributed by atoms with Gasteiger partial charge in [-0.2, -0.15) is 0 Å². The molecular formula is C16H11N3O5. The van der Waals surface area contributed by atoms with Crippen molar-refractivity contribution in [2.45, 2.75) is 6.92 Å². The molecule has 0 spiro atoms. The van der Waals surface area contributed by atoms with Crippen LogP contribution in [0.15, 0.2) is 47.4 Å². The second kappa shape index (κ2) is 5.58. The number of aryl methyl sites for hydroxylation is 1. The molecule has 3 aromatic rings. The molecule has 0 amide bonds. The van der Waals surface area contributed by atoms with E-state index in [2.05, 4.69) is 4.98 Å². The summed E-state index contributed by atoms with van der Waals surface area (Å²) in [6.45, 7) is 1.75. The molecule has 2 aromatic heterocycles. The van der Waals surface area contributed by atoms with Gasteiger partial charge in [0.25, 0.3) is 5.69 Å². The molecule has 0 aliphatic heterocycles. The van der Waals surface area contributed by atoms with Gasteiger partial charge in [-0.25, -0.2) is 9.78 Å². The number of hydrogen-bond acceptors (Lipinski definition) is 5. The van der Waals surface area contributed by atoms with Crippen LogP contribution in [0.3, 0.4) is 0 Å². The van der Waals surface area contributed by atoms with Crippen molar-refractivity contribution in [1.82, 2.24) is 9.55 Å². The van der Waals surface area contributed by atoms with Crippen LogP contribution in [0, 0.1) is 17.0 Å². The highest BCUT2D eigenvalue weighted by Crippen LogP contribution is 2.19. The number of carboxylic acid groups (broad SMARTS) is 1. The molecule has 0 aliphatic rings. The van der Waals surface area contributed by atoms with E-state index in [0.29, 0.717) is 17.0 Å². The van der Waals surface area contributed by atoms with E-state index in [0.717, 1.165) is 0 Å². The molecule has 3 rings (SSSR count). The minimum Gasteiger partial charge on any atom is -0.477 e. The molecule has 24 heavy (non-hydrogen) atoms. The van der Waals surface area contributed by atoms with Crippen molar-refractivity contribution in [1.29, 1.82) is 0 Å². The SMILES string of the molecule is Cc1ccc2c(=O)c(C(=O)O)cn(-c3ccc([N+](=O)[O-])cc3)c2n1. The fraction of sp³-hybridized carbons (Fsp3) is 0.0625. The Bertz CT molecular complexity index is 1040. The number of nitrogens with zero attached hydrogens (tertiary/aromatic N) is 3. The van der Waals surface area contributed by atoms with Gasteiger partial charge in [-0.1, -0.05) is 0 Å². The van der Waals surface area contributed by atoms with Crippen molar-refractivity contribution >= 4 is 22.7 Å². The van der Waals surface area contributed by atoms with Crippen LogP contribution in [0.4, 0.5) is 5.69 Å². The predicted octanol–water partition coefficient (Wildman–Crippen LogP) is 2.30. The summed E-state index contributed by atoms with van der Waals surface area (Å²) < 4.78 is 1.44. The maximum Gasteiger partial charge on any atom is 0.341 e. The van der Waals surface area contributed by atoms with Gasteiger partial charge in [0.2, 0.25) is 5.43 Å². The third-order valence-corrected chi connectivity index (χ3v) is 3.56. The predicted molar refractivity (Wildman–Crippen MR) is 85.7 cm³/mol. The molecule has 0 aliphatic carbocycles. The van der Waals surface area contributed by atoms with Crippen LogP contribution >= 0.6 is 0 Å². The van der Waals surface area contributed by atoms with E-state index in [1.54, 1.807) is 13.0 Å². The fourth-order valence-corrected chi connectivity index (χ4v) is 2.38. The smallest absolute Gasteiger partial charge is 0.341 e. The van der Waals surface area contributed by atoms with Crippen LogP contribution in [-0.4, -0.2) is 25.6 Å². The first-order chi connectivity index (χ1) is 11.4. The van der Waals surface area contributed by atoms with Gasteiger partial charge in [-0.15, -0.1) is 0 Å². The van der Waals surface area contributed by atoms with Gasteiger partial charge < -0.3 is 9.67 Å². The lowest BCUT2D eigenvalue weighted by atomic mass is 10.1. The lowest BCUT2D eigenvalue weighted by molar-refractivity contribution is -0.384. The Morgan fingerprint density at radius 1 is 1.21 bits per heavy atom. The Balaban J connectivity index is 2.35. The van der Waals surface area contributed by atoms with E-state index in [4.69, 9.17) is 0 Å². The average molecular weight is 325 g/mol. The topological polar surface area (TPSA) is 115 Å². The molecule has 1 N–H and O–H groups in total. The summed E-state index contributed by atoms with van der Waals surface area (Å²) in [4.78, 5) is 38.2. The highest BCUT2D eigenvalue weighted by molar-refractivity contribution is 5.92. The van der Waals surface area contributed by atoms with Gasteiger partial charge in [0.05, 0.1) is 10.3 Å². The second-order valence-electron chi connectivity index (χ2n) is 5.14. The molecule has 0 fully saturated rings. The number of aromatic carboxylic acids is 1. The minimum atomic E-state index is -1.35. The normalized spacial score (nSPS) is 10.7. The molecule has 0 unspecified atom stereocenters. The monoisotopic (exact) mass is 325 g/mol. The second-order valence-corrected chi connectivity index (χ2v) is 5.14. The summed E-state index contributed by atoms with van der Waals surface area (Å²) in [5.41, 5.74) is 0.298. The number of rotatable bonds is 3. The number of nitro groups is 1. The lowest BCUT2D eigenvalue weighted by Crippen LogP contribution is -2.19. The molecule has 1 aromatic carbocycles. The zero-order valence-corrected chi connectivity index (χ0v) is 12.5. The molecule has 0 bridgehead atoms. The van der Waals surface area contributed by atoms with E-state index < -0.39 is 21.9 Å². The van der Waals surface area contributed by atoms with E-state index >= 15 is 0 Å². The summed E-state index contributed by atoms with van der Waals surface area (Å²) in [7, 11) is 0. The third-order valence-electron chi connectivity index (χ3n) is 3.56. The zero-order valence-electron chi connectivity index (χ0n) is 12.5. The quantitative estimate of drug-likeness (QED) is 0.583. The fourth-order valence-electron chi connectivity index (χ4n) is 2.38. The Morgan fingerprint density at radius 3 is 2.46 bits per heavy atom. The summed E-state index contributed by atoms with van der Waals surface area (Å²) in [5, 5.41) is 20.2. The van der Waals surface area contributed by atoms with Crippen molar-refractivity contribution < 1.29 is 14.8 Å². The summed E-state index contributed by atoms with van der Waals surface area (Å²) in [6.07, 6.45) is 1.18. The molecule has 8 nitrogen and oxygen atoms in total. The Kier molecular flexibility index (Phi) is 3.57. The average Bonchev–Trinajstić information content (AvgIpc) is 2.55. The number of non-ortho nitro benzene ring substituents is 1. The highest BCUT2D eigenvalue weighted by atomic mass is 16.6. The first-order valence-electron chi connectivity index (χ1n) is 6.89. The molecule has 120 valence electrons. The molecule has 2 heterocycles. The van der Waals surface area contributed by atoms with Crippen molar-refractivity contribution in [3.8, 4) is 5.69 Å². The molecule has 0 saturated heterocycles. The Labute approximate surface area is 134 Å². The number of aromatic nitrogens is 2. The van der Waals surface area contributed by atoms with Crippen molar-refractivity contribution in [3.63, 3.8) is 0 Å². The number of hydrogen-bond donors (Lipinski definition) is 1. The molecule has 0 radical (unpaired) electrons. The number of benzene rings is 1. The molecule has 8 heteroatoms. The summed E-state index contributed by atoms with van der Waals surface area (Å²) in [5.74, 6) is -1.35. The van der Waals surface area contributed by atoms with Gasteiger partial charge in [-0.05, 0) is 31.2 Å². The van der Waals surface area contributed by atoms with Gasteiger partial charge in [-0.3, -0.25) is 14.9 Å². The zero-order chi connectivity index (χ0) is 17.4. The standard InChI is InChI=1S/C16H11N3O5/c1-9-2-7-12-14(20)13(16(21)22)8-18(15(12)17-9)10-3-5-11(6-4-10)19(23)24/h2-8H,1H3,(H,21,22). The Hall–Kier alpha value is -3.55. The van der Waals surface area contributed by atoms with Gasteiger partial charge in [0.1, 0.15) is 11.2 Å². The molecule has 0 atom stereocenters. The third kappa shape index (κ3) is 2.50. The van der Waals surface area contributed by atoms with Gasteiger partial charge >= 0.3 is 5.97 Å². The van der Waals surface area contributed by atoms with Crippen molar-refractivity contribution in [2.75, 3.05) is 0 Å². The largest absolute Gasteiger partial charge is 0.477 e. The number of carbonyl (C=O) groups is 1. The molecule has 0 saturated carbocycles. The van der Waals surface area contributed by atoms with Gasteiger partial charge in [0, 0.05) is 29.7 Å². The van der Waals surface area contributed by atoms with Crippen molar-refractivity contribution in [2.24, 2.45) is 0 Å². The first kappa shape index (κ1) is 15.3. The number of carboxylic acids is 1.